The van der Waals surface area contributed by atoms with Crippen molar-refractivity contribution in [1.82, 2.24) is 4.90 Å². The van der Waals surface area contributed by atoms with E-state index in [-0.39, 0.29) is 6.61 Å². The van der Waals surface area contributed by atoms with Gasteiger partial charge in [-0.25, -0.2) is 0 Å². The third-order valence-electron chi connectivity index (χ3n) is 4.13. The molecule has 148 valence electrons. The summed E-state index contributed by atoms with van der Waals surface area (Å²) in [6, 6.07) is 15.4. The van der Waals surface area contributed by atoms with Crippen molar-refractivity contribution in [2.24, 2.45) is 5.92 Å². The third kappa shape index (κ3) is 7.49. The first-order valence-corrected chi connectivity index (χ1v) is 9.30. The molecular weight excluding hydrogens is 342 g/mol. The molecule has 0 saturated carbocycles. The van der Waals surface area contributed by atoms with Crippen LogP contribution < -0.4 is 14.2 Å². The molecule has 0 aliphatic carbocycles. The van der Waals surface area contributed by atoms with E-state index in [0.29, 0.717) is 12.5 Å². The Morgan fingerprint density at radius 1 is 0.889 bits per heavy atom. The van der Waals surface area contributed by atoms with Crippen molar-refractivity contribution in [3.8, 4) is 17.2 Å². The van der Waals surface area contributed by atoms with Gasteiger partial charge in [0.25, 0.3) is 0 Å². The number of ether oxygens (including phenoxy) is 3. The zero-order valence-electron chi connectivity index (χ0n) is 16.7. The zero-order chi connectivity index (χ0) is 19.6. The van der Waals surface area contributed by atoms with Gasteiger partial charge >= 0.3 is 0 Å². The van der Waals surface area contributed by atoms with Gasteiger partial charge < -0.3 is 19.3 Å². The number of nitrogens with zero attached hydrogens (tertiary/aromatic N) is 1. The van der Waals surface area contributed by atoms with Crippen molar-refractivity contribution in [1.29, 1.82) is 0 Å². The van der Waals surface area contributed by atoms with Crippen molar-refractivity contribution in [3.05, 3.63) is 54.1 Å². The maximum absolute atomic E-state index is 10.5. The Bertz CT molecular complexity index is 672. The molecule has 0 aliphatic heterocycles. The number of benzene rings is 2. The quantitative estimate of drug-likeness (QED) is 0.652. The van der Waals surface area contributed by atoms with E-state index in [0.717, 1.165) is 30.3 Å². The molecule has 27 heavy (non-hydrogen) atoms. The number of hydrogen-bond donors (Lipinski definition) is 1. The van der Waals surface area contributed by atoms with Crippen LogP contribution in [-0.4, -0.2) is 50.0 Å². The molecule has 5 heteroatoms. The molecule has 0 unspecified atom stereocenters. The van der Waals surface area contributed by atoms with Gasteiger partial charge in [-0.3, -0.25) is 4.90 Å². The van der Waals surface area contributed by atoms with Crippen molar-refractivity contribution < 1.29 is 19.3 Å². The van der Waals surface area contributed by atoms with Gasteiger partial charge in [-0.2, -0.15) is 0 Å². The fraction of sp³-hybridized carbons (Fsp3) is 0.455. The molecule has 0 aromatic heterocycles. The summed E-state index contributed by atoms with van der Waals surface area (Å²) in [4.78, 5) is 2.25. The highest BCUT2D eigenvalue weighted by atomic mass is 16.5. The maximum Gasteiger partial charge on any atom is 0.119 e. The second-order valence-electron chi connectivity index (χ2n) is 7.08. The standard InChI is InChI=1S/C22H31NO4/c1-17(2)13-23(14-18-6-5-7-22(12-18)26-4)15-19(24)16-27-21-10-8-20(25-3)9-11-21/h5-12,17,19,24H,13-16H2,1-4H3/t19-/m1/s1. The number of aliphatic hydroxyl groups excluding tert-OH is 1. The minimum Gasteiger partial charge on any atom is -0.497 e. The first-order chi connectivity index (χ1) is 13.0. The predicted molar refractivity (Wildman–Crippen MR) is 108 cm³/mol. The van der Waals surface area contributed by atoms with Crippen LogP contribution in [0.2, 0.25) is 0 Å². The summed E-state index contributed by atoms with van der Waals surface area (Å²) < 4.78 is 16.2. The molecule has 0 bridgehead atoms. The average Bonchev–Trinajstić information content (AvgIpc) is 2.66. The molecule has 0 spiro atoms. The van der Waals surface area contributed by atoms with E-state index in [2.05, 4.69) is 24.8 Å². The Labute approximate surface area is 162 Å². The Kier molecular flexibility index (Phi) is 8.43. The second kappa shape index (κ2) is 10.8. The van der Waals surface area contributed by atoms with E-state index in [1.54, 1.807) is 14.2 Å². The lowest BCUT2D eigenvalue weighted by Crippen LogP contribution is -2.37. The van der Waals surface area contributed by atoms with Crippen LogP contribution >= 0.6 is 0 Å². The zero-order valence-corrected chi connectivity index (χ0v) is 16.7. The largest absolute Gasteiger partial charge is 0.497 e. The summed E-state index contributed by atoms with van der Waals surface area (Å²) in [6.07, 6.45) is -0.573. The summed E-state index contributed by atoms with van der Waals surface area (Å²) >= 11 is 0. The summed E-state index contributed by atoms with van der Waals surface area (Å²) in [5.41, 5.74) is 1.17. The minimum atomic E-state index is -0.573. The summed E-state index contributed by atoms with van der Waals surface area (Å²) in [5.74, 6) is 2.85. The van der Waals surface area contributed by atoms with E-state index >= 15 is 0 Å². The smallest absolute Gasteiger partial charge is 0.119 e. The van der Waals surface area contributed by atoms with E-state index in [9.17, 15) is 5.11 Å². The molecular formula is C22H31NO4. The van der Waals surface area contributed by atoms with Gasteiger partial charge in [0.1, 0.15) is 30.0 Å². The van der Waals surface area contributed by atoms with Gasteiger partial charge in [0.05, 0.1) is 14.2 Å². The number of aliphatic hydroxyl groups is 1. The lowest BCUT2D eigenvalue weighted by atomic mass is 10.1. The van der Waals surface area contributed by atoms with Gasteiger partial charge in [0.2, 0.25) is 0 Å². The minimum absolute atomic E-state index is 0.249. The Balaban J connectivity index is 1.90. The number of methoxy groups -OCH3 is 2. The summed E-state index contributed by atoms with van der Waals surface area (Å²) in [6.45, 7) is 6.81. The van der Waals surface area contributed by atoms with Crippen LogP contribution in [-0.2, 0) is 6.54 Å². The van der Waals surface area contributed by atoms with Crippen molar-refractivity contribution in [2.75, 3.05) is 33.9 Å². The average molecular weight is 373 g/mol. The molecule has 0 fully saturated rings. The Hall–Kier alpha value is -2.24. The topological polar surface area (TPSA) is 51.2 Å². The molecule has 2 rings (SSSR count). The van der Waals surface area contributed by atoms with E-state index < -0.39 is 6.10 Å². The lowest BCUT2D eigenvalue weighted by molar-refractivity contribution is 0.0614. The van der Waals surface area contributed by atoms with Crippen LogP contribution in [0.4, 0.5) is 0 Å². The maximum atomic E-state index is 10.5. The molecule has 1 N–H and O–H groups in total. The molecule has 0 radical (unpaired) electrons. The molecule has 5 nitrogen and oxygen atoms in total. The highest BCUT2D eigenvalue weighted by molar-refractivity contribution is 5.31. The van der Waals surface area contributed by atoms with Crippen LogP contribution in [0, 0.1) is 5.92 Å². The van der Waals surface area contributed by atoms with Gasteiger partial charge in [0.15, 0.2) is 0 Å². The van der Waals surface area contributed by atoms with Gasteiger partial charge in [0, 0.05) is 19.6 Å². The Morgan fingerprint density at radius 2 is 1.56 bits per heavy atom. The summed E-state index contributed by atoms with van der Waals surface area (Å²) in [7, 11) is 3.30. The molecule has 1 atom stereocenters. The molecule has 0 saturated heterocycles. The first kappa shape index (κ1) is 21.1. The van der Waals surface area contributed by atoms with Crippen LogP contribution in [0.5, 0.6) is 17.2 Å². The number of rotatable bonds is 11. The van der Waals surface area contributed by atoms with Crippen molar-refractivity contribution >= 4 is 0 Å². The molecule has 2 aromatic carbocycles. The van der Waals surface area contributed by atoms with E-state index in [1.165, 1.54) is 5.56 Å². The van der Waals surface area contributed by atoms with Gasteiger partial charge in [-0.1, -0.05) is 26.0 Å². The van der Waals surface area contributed by atoms with Crippen LogP contribution in [0.15, 0.2) is 48.5 Å². The van der Waals surface area contributed by atoms with Crippen LogP contribution in [0.3, 0.4) is 0 Å². The van der Waals surface area contributed by atoms with Crippen LogP contribution in [0.1, 0.15) is 19.4 Å². The lowest BCUT2D eigenvalue weighted by Gasteiger charge is -2.27. The highest BCUT2D eigenvalue weighted by Gasteiger charge is 2.15. The summed E-state index contributed by atoms with van der Waals surface area (Å²) in [5, 5.41) is 10.5. The Morgan fingerprint density at radius 3 is 2.19 bits per heavy atom. The normalized spacial score (nSPS) is 12.3. The van der Waals surface area contributed by atoms with Crippen LogP contribution in [0.25, 0.3) is 0 Å². The highest BCUT2D eigenvalue weighted by Crippen LogP contribution is 2.18. The molecule has 2 aromatic rings. The second-order valence-corrected chi connectivity index (χ2v) is 7.08. The third-order valence-corrected chi connectivity index (χ3v) is 4.13. The fourth-order valence-electron chi connectivity index (χ4n) is 2.96. The monoisotopic (exact) mass is 373 g/mol. The fourth-order valence-corrected chi connectivity index (χ4v) is 2.96. The predicted octanol–water partition coefficient (Wildman–Crippen LogP) is 3.60. The van der Waals surface area contributed by atoms with E-state index in [4.69, 9.17) is 14.2 Å². The molecule has 0 heterocycles. The first-order valence-electron chi connectivity index (χ1n) is 9.30. The van der Waals surface area contributed by atoms with Gasteiger partial charge in [-0.05, 0) is 47.9 Å². The number of hydrogen-bond acceptors (Lipinski definition) is 5. The van der Waals surface area contributed by atoms with Crippen molar-refractivity contribution in [2.45, 2.75) is 26.5 Å². The van der Waals surface area contributed by atoms with Gasteiger partial charge in [-0.15, -0.1) is 0 Å². The molecule has 0 amide bonds. The molecule has 0 aliphatic rings. The SMILES string of the molecule is COc1ccc(OC[C@H](O)CN(Cc2cccc(OC)c2)CC(C)C)cc1. The van der Waals surface area contributed by atoms with E-state index in [1.807, 2.05) is 42.5 Å². The van der Waals surface area contributed by atoms with Crippen molar-refractivity contribution in [3.63, 3.8) is 0 Å².